The zero-order valence-electron chi connectivity index (χ0n) is 8.95. The van der Waals surface area contributed by atoms with Crippen LogP contribution in [0.25, 0.3) is 0 Å². The summed E-state index contributed by atoms with van der Waals surface area (Å²) in [7, 11) is 1.76. The third-order valence-corrected chi connectivity index (χ3v) is 2.62. The molecule has 1 rings (SSSR count). The van der Waals surface area contributed by atoms with E-state index < -0.39 is 0 Å². The highest BCUT2D eigenvalue weighted by Crippen LogP contribution is 2.12. The van der Waals surface area contributed by atoms with Crippen molar-refractivity contribution >= 4 is 0 Å². The molecule has 2 atom stereocenters. The number of hydrogen-bond donors (Lipinski definition) is 0. The number of rotatable bonds is 4. The minimum atomic E-state index is 0.556. The van der Waals surface area contributed by atoms with E-state index in [9.17, 15) is 0 Å². The monoisotopic (exact) mass is 187 g/mol. The Morgan fingerprint density at radius 3 is 2.46 bits per heavy atom. The van der Waals surface area contributed by atoms with Gasteiger partial charge in [0.25, 0.3) is 0 Å². The van der Waals surface area contributed by atoms with E-state index in [0.29, 0.717) is 12.1 Å². The van der Waals surface area contributed by atoms with E-state index in [1.54, 1.807) is 7.11 Å². The van der Waals surface area contributed by atoms with Crippen molar-refractivity contribution in [3.63, 3.8) is 0 Å². The standard InChI is InChI=1S/C10H21NO2/c1-9-7-13-8-10(2)11(9)5-4-6-12-3/h9-10H,4-8H2,1-3H3. The Morgan fingerprint density at radius 2 is 1.92 bits per heavy atom. The molecular formula is C10H21NO2. The van der Waals surface area contributed by atoms with Crippen LogP contribution in [0.3, 0.4) is 0 Å². The molecule has 0 bridgehead atoms. The summed E-state index contributed by atoms with van der Waals surface area (Å²) in [4.78, 5) is 2.50. The van der Waals surface area contributed by atoms with Crippen molar-refractivity contribution in [2.24, 2.45) is 0 Å². The number of methoxy groups -OCH3 is 1. The molecule has 0 aliphatic carbocycles. The first kappa shape index (κ1) is 11.0. The van der Waals surface area contributed by atoms with Gasteiger partial charge in [-0.3, -0.25) is 4.90 Å². The van der Waals surface area contributed by atoms with Crippen LogP contribution in [0.1, 0.15) is 20.3 Å². The van der Waals surface area contributed by atoms with E-state index in [4.69, 9.17) is 9.47 Å². The van der Waals surface area contributed by atoms with E-state index in [2.05, 4.69) is 18.7 Å². The molecule has 1 fully saturated rings. The van der Waals surface area contributed by atoms with Crippen LogP contribution in [0.4, 0.5) is 0 Å². The highest BCUT2D eigenvalue weighted by Gasteiger charge is 2.24. The van der Waals surface area contributed by atoms with Crippen LogP contribution in [0.5, 0.6) is 0 Å². The van der Waals surface area contributed by atoms with Crippen LogP contribution in [-0.2, 0) is 9.47 Å². The molecule has 0 radical (unpaired) electrons. The number of nitrogens with zero attached hydrogens (tertiary/aromatic N) is 1. The number of ether oxygens (including phenoxy) is 2. The first-order chi connectivity index (χ1) is 6.25. The molecule has 0 spiro atoms. The Labute approximate surface area is 81.0 Å². The molecule has 0 aromatic rings. The van der Waals surface area contributed by atoms with Crippen LogP contribution >= 0.6 is 0 Å². The summed E-state index contributed by atoms with van der Waals surface area (Å²) in [5.74, 6) is 0. The van der Waals surface area contributed by atoms with Crippen LogP contribution in [0, 0.1) is 0 Å². The Kier molecular flexibility index (Phi) is 4.70. The molecule has 78 valence electrons. The lowest BCUT2D eigenvalue weighted by atomic mass is 10.1. The molecule has 1 saturated heterocycles. The molecule has 0 saturated carbocycles. The van der Waals surface area contributed by atoms with E-state index in [1.165, 1.54) is 0 Å². The minimum absolute atomic E-state index is 0.556. The van der Waals surface area contributed by atoms with Gasteiger partial charge in [-0.15, -0.1) is 0 Å². The zero-order chi connectivity index (χ0) is 9.68. The molecule has 0 N–H and O–H groups in total. The van der Waals surface area contributed by atoms with Crippen LogP contribution in [0.2, 0.25) is 0 Å². The van der Waals surface area contributed by atoms with E-state index >= 15 is 0 Å². The molecule has 2 unspecified atom stereocenters. The van der Waals surface area contributed by atoms with Crippen molar-refractivity contribution < 1.29 is 9.47 Å². The van der Waals surface area contributed by atoms with Crippen LogP contribution in [0.15, 0.2) is 0 Å². The smallest absolute Gasteiger partial charge is 0.0620 e. The maximum absolute atomic E-state index is 5.46. The fraction of sp³-hybridized carbons (Fsp3) is 1.00. The summed E-state index contributed by atoms with van der Waals surface area (Å²) in [6, 6.07) is 1.11. The Balaban J connectivity index is 2.26. The molecule has 3 nitrogen and oxygen atoms in total. The summed E-state index contributed by atoms with van der Waals surface area (Å²) in [5, 5.41) is 0. The Morgan fingerprint density at radius 1 is 1.31 bits per heavy atom. The van der Waals surface area contributed by atoms with Crippen molar-refractivity contribution in [3.05, 3.63) is 0 Å². The van der Waals surface area contributed by atoms with Gasteiger partial charge in [-0.2, -0.15) is 0 Å². The van der Waals surface area contributed by atoms with Gasteiger partial charge >= 0.3 is 0 Å². The second-order valence-electron chi connectivity index (χ2n) is 3.82. The van der Waals surface area contributed by atoms with Gasteiger partial charge in [-0.05, 0) is 20.3 Å². The van der Waals surface area contributed by atoms with Crippen molar-refractivity contribution in [1.82, 2.24) is 4.90 Å². The van der Waals surface area contributed by atoms with Gasteiger partial charge in [0.2, 0.25) is 0 Å². The predicted octanol–water partition coefficient (Wildman–Crippen LogP) is 1.13. The predicted molar refractivity (Wildman–Crippen MR) is 52.9 cm³/mol. The maximum atomic E-state index is 5.46. The Bertz CT molecular complexity index is 131. The average Bonchev–Trinajstić information content (AvgIpc) is 2.10. The fourth-order valence-corrected chi connectivity index (χ4v) is 1.87. The number of morpholine rings is 1. The zero-order valence-corrected chi connectivity index (χ0v) is 8.95. The average molecular weight is 187 g/mol. The summed E-state index contributed by atoms with van der Waals surface area (Å²) >= 11 is 0. The molecule has 1 aliphatic rings. The highest BCUT2D eigenvalue weighted by molar-refractivity contribution is 4.77. The molecule has 1 heterocycles. The first-order valence-electron chi connectivity index (χ1n) is 5.08. The molecule has 13 heavy (non-hydrogen) atoms. The summed E-state index contributed by atoms with van der Waals surface area (Å²) in [6.07, 6.45) is 1.12. The van der Waals surface area contributed by atoms with Crippen LogP contribution in [-0.4, -0.2) is 50.5 Å². The van der Waals surface area contributed by atoms with E-state index in [0.717, 1.165) is 32.8 Å². The van der Waals surface area contributed by atoms with Gasteiger partial charge in [0, 0.05) is 32.3 Å². The fourth-order valence-electron chi connectivity index (χ4n) is 1.87. The maximum Gasteiger partial charge on any atom is 0.0620 e. The highest BCUT2D eigenvalue weighted by atomic mass is 16.5. The van der Waals surface area contributed by atoms with Crippen molar-refractivity contribution in [1.29, 1.82) is 0 Å². The molecule has 3 heteroatoms. The van der Waals surface area contributed by atoms with Crippen LogP contribution < -0.4 is 0 Å². The van der Waals surface area contributed by atoms with Gasteiger partial charge in [0.1, 0.15) is 0 Å². The third-order valence-electron chi connectivity index (χ3n) is 2.62. The van der Waals surface area contributed by atoms with Crippen molar-refractivity contribution in [2.45, 2.75) is 32.4 Å². The molecule has 0 aromatic heterocycles. The van der Waals surface area contributed by atoms with Gasteiger partial charge in [0.15, 0.2) is 0 Å². The van der Waals surface area contributed by atoms with Gasteiger partial charge in [-0.1, -0.05) is 0 Å². The topological polar surface area (TPSA) is 21.7 Å². The summed E-state index contributed by atoms with van der Waals surface area (Å²) in [5.41, 5.74) is 0. The van der Waals surface area contributed by atoms with E-state index in [1.807, 2.05) is 0 Å². The largest absolute Gasteiger partial charge is 0.385 e. The molecule has 0 amide bonds. The van der Waals surface area contributed by atoms with Crippen molar-refractivity contribution in [2.75, 3.05) is 33.5 Å². The Hall–Kier alpha value is -0.120. The van der Waals surface area contributed by atoms with Gasteiger partial charge in [-0.25, -0.2) is 0 Å². The molecular weight excluding hydrogens is 166 g/mol. The van der Waals surface area contributed by atoms with Gasteiger partial charge < -0.3 is 9.47 Å². The quantitative estimate of drug-likeness (QED) is 0.616. The van der Waals surface area contributed by atoms with E-state index in [-0.39, 0.29) is 0 Å². The normalized spacial score (nSPS) is 30.7. The summed E-state index contributed by atoms with van der Waals surface area (Å²) in [6.45, 7) is 8.18. The second-order valence-corrected chi connectivity index (χ2v) is 3.82. The lowest BCUT2D eigenvalue weighted by molar-refractivity contribution is -0.0389. The summed E-state index contributed by atoms with van der Waals surface area (Å²) < 4.78 is 10.5. The number of hydrogen-bond acceptors (Lipinski definition) is 3. The lowest BCUT2D eigenvalue weighted by Crippen LogP contribution is -2.49. The minimum Gasteiger partial charge on any atom is -0.385 e. The lowest BCUT2D eigenvalue weighted by Gasteiger charge is -2.38. The van der Waals surface area contributed by atoms with Crippen molar-refractivity contribution in [3.8, 4) is 0 Å². The first-order valence-corrected chi connectivity index (χ1v) is 5.08. The SMILES string of the molecule is COCCCN1C(C)COCC1C. The second kappa shape index (κ2) is 5.58. The molecule has 0 aromatic carbocycles. The molecule has 1 aliphatic heterocycles. The third kappa shape index (κ3) is 3.25. The van der Waals surface area contributed by atoms with Gasteiger partial charge in [0.05, 0.1) is 13.2 Å².